The zero-order valence-corrected chi connectivity index (χ0v) is 14.3. The number of nitrogens with one attached hydrogen (secondary N) is 1. The third kappa shape index (κ3) is 4.38. The molecular weight excluding hydrogens is 328 g/mol. The van der Waals surface area contributed by atoms with E-state index in [1.54, 1.807) is 0 Å². The number of hydrogen-bond donors (Lipinski definition) is 1. The maximum atomic E-state index is 4.48. The molecule has 0 spiro atoms. The van der Waals surface area contributed by atoms with E-state index in [1.807, 2.05) is 24.5 Å². The number of rotatable bonds is 8. The second-order valence-corrected chi connectivity index (χ2v) is 5.93. The SMILES string of the molecule is CCCn1ncc(Br)c1C(CCc1ccccn1)NCC. The van der Waals surface area contributed by atoms with E-state index in [0.29, 0.717) is 6.04 Å². The first-order valence-corrected chi connectivity index (χ1v) is 8.40. The summed E-state index contributed by atoms with van der Waals surface area (Å²) in [4.78, 5) is 4.41. The van der Waals surface area contributed by atoms with Gasteiger partial charge in [-0.2, -0.15) is 5.10 Å². The maximum Gasteiger partial charge on any atom is 0.0695 e. The van der Waals surface area contributed by atoms with Gasteiger partial charge in [-0.15, -0.1) is 0 Å². The van der Waals surface area contributed by atoms with Crippen LogP contribution in [0.15, 0.2) is 35.1 Å². The van der Waals surface area contributed by atoms with Crippen molar-refractivity contribution in [2.75, 3.05) is 6.54 Å². The number of nitrogens with zero attached hydrogens (tertiary/aromatic N) is 3. The molecule has 0 aliphatic heterocycles. The predicted octanol–water partition coefficient (Wildman–Crippen LogP) is 3.73. The minimum absolute atomic E-state index is 0.292. The molecule has 0 fully saturated rings. The first-order valence-electron chi connectivity index (χ1n) is 7.60. The molecule has 1 N–H and O–H groups in total. The monoisotopic (exact) mass is 350 g/mol. The molecule has 1 unspecified atom stereocenters. The minimum atomic E-state index is 0.292. The molecule has 0 aliphatic rings. The number of pyridine rings is 1. The average Bonchev–Trinajstić information content (AvgIpc) is 2.86. The van der Waals surface area contributed by atoms with Gasteiger partial charge in [-0.3, -0.25) is 9.67 Å². The Kier molecular flexibility index (Phi) is 6.39. The van der Waals surface area contributed by atoms with E-state index in [-0.39, 0.29) is 0 Å². The molecule has 5 heteroatoms. The van der Waals surface area contributed by atoms with Crippen molar-refractivity contribution < 1.29 is 0 Å². The Morgan fingerprint density at radius 1 is 1.33 bits per heavy atom. The molecule has 2 heterocycles. The van der Waals surface area contributed by atoms with Crippen LogP contribution in [0.5, 0.6) is 0 Å². The molecule has 2 aromatic heterocycles. The van der Waals surface area contributed by atoms with E-state index in [0.717, 1.165) is 42.5 Å². The lowest BCUT2D eigenvalue weighted by molar-refractivity contribution is 0.455. The summed E-state index contributed by atoms with van der Waals surface area (Å²) >= 11 is 3.65. The predicted molar refractivity (Wildman–Crippen MR) is 89.2 cm³/mol. The van der Waals surface area contributed by atoms with Crippen LogP contribution in [0.4, 0.5) is 0 Å². The third-order valence-electron chi connectivity index (χ3n) is 3.46. The van der Waals surface area contributed by atoms with Crippen molar-refractivity contribution in [3.63, 3.8) is 0 Å². The molecule has 114 valence electrons. The molecule has 0 saturated heterocycles. The van der Waals surface area contributed by atoms with Gasteiger partial charge >= 0.3 is 0 Å². The van der Waals surface area contributed by atoms with E-state index < -0.39 is 0 Å². The van der Waals surface area contributed by atoms with Crippen molar-refractivity contribution in [2.45, 2.75) is 45.7 Å². The van der Waals surface area contributed by atoms with Gasteiger partial charge in [0.1, 0.15) is 0 Å². The zero-order valence-electron chi connectivity index (χ0n) is 12.7. The van der Waals surface area contributed by atoms with E-state index in [9.17, 15) is 0 Å². The highest BCUT2D eigenvalue weighted by Gasteiger charge is 2.19. The van der Waals surface area contributed by atoms with Gasteiger partial charge in [0.2, 0.25) is 0 Å². The van der Waals surface area contributed by atoms with Crippen LogP contribution in [0.25, 0.3) is 0 Å². The van der Waals surface area contributed by atoms with Gasteiger partial charge in [0.15, 0.2) is 0 Å². The summed E-state index contributed by atoms with van der Waals surface area (Å²) in [6.07, 6.45) is 6.81. The van der Waals surface area contributed by atoms with Gasteiger partial charge in [0.25, 0.3) is 0 Å². The molecule has 0 saturated carbocycles. The Balaban J connectivity index is 2.13. The largest absolute Gasteiger partial charge is 0.309 e. The number of aromatic nitrogens is 3. The second-order valence-electron chi connectivity index (χ2n) is 5.07. The van der Waals surface area contributed by atoms with Crippen molar-refractivity contribution in [3.8, 4) is 0 Å². The molecule has 0 bridgehead atoms. The van der Waals surface area contributed by atoms with Crippen LogP contribution in [-0.4, -0.2) is 21.3 Å². The quantitative estimate of drug-likeness (QED) is 0.788. The fourth-order valence-corrected chi connectivity index (χ4v) is 3.10. The van der Waals surface area contributed by atoms with Gasteiger partial charge in [0.05, 0.1) is 22.4 Å². The Labute approximate surface area is 135 Å². The van der Waals surface area contributed by atoms with Crippen molar-refractivity contribution >= 4 is 15.9 Å². The molecule has 0 amide bonds. The summed E-state index contributed by atoms with van der Waals surface area (Å²) in [6.45, 7) is 6.21. The zero-order chi connectivity index (χ0) is 15.1. The number of hydrogen-bond acceptors (Lipinski definition) is 3. The van der Waals surface area contributed by atoms with Crippen LogP contribution in [0, 0.1) is 0 Å². The number of halogens is 1. The lowest BCUT2D eigenvalue weighted by Crippen LogP contribution is -2.25. The molecule has 0 aliphatic carbocycles. The first kappa shape index (κ1) is 16.2. The van der Waals surface area contributed by atoms with Crippen LogP contribution in [-0.2, 0) is 13.0 Å². The summed E-state index contributed by atoms with van der Waals surface area (Å²) in [5, 5.41) is 8.05. The smallest absolute Gasteiger partial charge is 0.0695 e. The van der Waals surface area contributed by atoms with Crippen molar-refractivity contribution in [1.82, 2.24) is 20.1 Å². The molecule has 2 aromatic rings. The summed E-state index contributed by atoms with van der Waals surface area (Å²) < 4.78 is 3.19. The van der Waals surface area contributed by atoms with Crippen molar-refractivity contribution in [2.24, 2.45) is 0 Å². The summed E-state index contributed by atoms with van der Waals surface area (Å²) in [5.74, 6) is 0. The molecule has 4 nitrogen and oxygen atoms in total. The van der Waals surface area contributed by atoms with Gasteiger partial charge < -0.3 is 5.32 Å². The van der Waals surface area contributed by atoms with Gasteiger partial charge in [-0.1, -0.05) is 19.9 Å². The highest BCUT2D eigenvalue weighted by molar-refractivity contribution is 9.10. The summed E-state index contributed by atoms with van der Waals surface area (Å²) in [7, 11) is 0. The fourth-order valence-electron chi connectivity index (χ4n) is 2.53. The van der Waals surface area contributed by atoms with E-state index in [1.165, 1.54) is 5.69 Å². The lowest BCUT2D eigenvalue weighted by atomic mass is 10.1. The van der Waals surface area contributed by atoms with Crippen LogP contribution >= 0.6 is 15.9 Å². The topological polar surface area (TPSA) is 42.7 Å². The fraction of sp³-hybridized carbons (Fsp3) is 0.500. The Bertz CT molecular complexity index is 538. The Hall–Kier alpha value is -1.20. The second kappa shape index (κ2) is 8.29. The van der Waals surface area contributed by atoms with Crippen LogP contribution in [0.3, 0.4) is 0 Å². The first-order chi connectivity index (χ1) is 10.3. The summed E-state index contributed by atoms with van der Waals surface area (Å²) in [5.41, 5.74) is 2.38. The molecule has 21 heavy (non-hydrogen) atoms. The maximum absolute atomic E-state index is 4.48. The highest BCUT2D eigenvalue weighted by Crippen LogP contribution is 2.26. The van der Waals surface area contributed by atoms with Crippen LogP contribution in [0.2, 0.25) is 0 Å². The van der Waals surface area contributed by atoms with E-state index in [2.05, 4.69) is 55.9 Å². The van der Waals surface area contributed by atoms with Crippen molar-refractivity contribution in [1.29, 1.82) is 0 Å². The van der Waals surface area contributed by atoms with Crippen LogP contribution in [0.1, 0.15) is 44.1 Å². The van der Waals surface area contributed by atoms with Gasteiger partial charge in [-0.25, -0.2) is 0 Å². The standard InChI is InChI=1S/C16H23BrN4/c1-3-11-21-16(14(17)12-20-21)15(18-4-2)9-8-13-7-5-6-10-19-13/h5-7,10,12,15,18H,3-4,8-9,11H2,1-2H3. The normalized spacial score (nSPS) is 12.5. The number of aryl methyl sites for hydroxylation is 2. The third-order valence-corrected chi connectivity index (χ3v) is 4.08. The summed E-state index contributed by atoms with van der Waals surface area (Å²) in [6, 6.07) is 6.38. The minimum Gasteiger partial charge on any atom is -0.309 e. The van der Waals surface area contributed by atoms with E-state index in [4.69, 9.17) is 0 Å². The molecule has 2 rings (SSSR count). The average molecular weight is 351 g/mol. The lowest BCUT2D eigenvalue weighted by Gasteiger charge is -2.20. The van der Waals surface area contributed by atoms with Crippen molar-refractivity contribution in [3.05, 3.63) is 46.5 Å². The molecular formula is C16H23BrN4. The molecule has 0 radical (unpaired) electrons. The Morgan fingerprint density at radius 2 is 2.19 bits per heavy atom. The van der Waals surface area contributed by atoms with Gasteiger partial charge in [0, 0.05) is 18.4 Å². The van der Waals surface area contributed by atoms with E-state index >= 15 is 0 Å². The molecule has 0 aromatic carbocycles. The molecule has 1 atom stereocenters. The Morgan fingerprint density at radius 3 is 2.86 bits per heavy atom. The highest BCUT2D eigenvalue weighted by atomic mass is 79.9. The van der Waals surface area contributed by atoms with Crippen LogP contribution < -0.4 is 5.32 Å². The van der Waals surface area contributed by atoms with Gasteiger partial charge in [-0.05, 0) is 53.9 Å².